The molecule has 1 aromatic heterocycles. The predicted molar refractivity (Wildman–Crippen MR) is 88.1 cm³/mol. The molecule has 0 spiro atoms. The largest absolute Gasteiger partial charge is 0.380 e. The molecule has 3 heteroatoms. The van der Waals surface area contributed by atoms with Gasteiger partial charge in [-0.15, -0.1) is 0 Å². The second-order valence-electron chi connectivity index (χ2n) is 5.15. The van der Waals surface area contributed by atoms with Crippen molar-refractivity contribution < 1.29 is 0 Å². The van der Waals surface area contributed by atoms with Crippen LogP contribution in [0.25, 0.3) is 10.9 Å². The Morgan fingerprint density at radius 2 is 1.71 bits per heavy atom. The molecule has 0 aliphatic carbocycles. The van der Waals surface area contributed by atoms with Crippen molar-refractivity contribution in [3.8, 4) is 0 Å². The Kier molecular flexibility index (Phi) is 3.84. The second-order valence-corrected chi connectivity index (χ2v) is 5.15. The van der Waals surface area contributed by atoms with Crippen LogP contribution in [-0.4, -0.2) is 4.98 Å². The number of aryl methyl sites for hydroxylation is 1. The number of fused-ring (bicyclic) bond motifs is 1. The van der Waals surface area contributed by atoms with Crippen LogP contribution in [-0.2, 0) is 13.1 Å². The molecular formula is C18H19N3. The van der Waals surface area contributed by atoms with E-state index in [0.29, 0.717) is 6.54 Å². The Morgan fingerprint density at radius 3 is 2.52 bits per heavy atom. The molecule has 2 aromatic carbocycles. The highest BCUT2D eigenvalue weighted by atomic mass is 14.9. The minimum atomic E-state index is 0.563. The fourth-order valence-electron chi connectivity index (χ4n) is 2.57. The number of hydrogen-bond acceptors (Lipinski definition) is 3. The Bertz CT molecular complexity index is 765. The normalized spacial score (nSPS) is 10.8. The maximum atomic E-state index is 5.80. The number of rotatable bonds is 4. The number of pyridine rings is 1. The monoisotopic (exact) mass is 277 g/mol. The molecule has 0 aliphatic rings. The van der Waals surface area contributed by atoms with Crippen molar-refractivity contribution in [3.05, 3.63) is 71.4 Å². The van der Waals surface area contributed by atoms with Gasteiger partial charge in [0, 0.05) is 29.9 Å². The number of para-hydroxylation sites is 1. The van der Waals surface area contributed by atoms with Gasteiger partial charge in [0.15, 0.2) is 0 Å². The van der Waals surface area contributed by atoms with Crippen molar-refractivity contribution in [3.63, 3.8) is 0 Å². The highest BCUT2D eigenvalue weighted by Gasteiger charge is 2.05. The number of aromatic nitrogens is 1. The molecule has 0 atom stereocenters. The maximum absolute atomic E-state index is 5.80. The molecule has 0 saturated carbocycles. The van der Waals surface area contributed by atoms with Gasteiger partial charge in [0.1, 0.15) is 0 Å². The molecule has 0 unspecified atom stereocenters. The molecule has 0 radical (unpaired) electrons. The van der Waals surface area contributed by atoms with Crippen molar-refractivity contribution in [2.75, 3.05) is 5.32 Å². The summed E-state index contributed by atoms with van der Waals surface area (Å²) in [5, 5.41) is 4.67. The number of benzene rings is 2. The summed E-state index contributed by atoms with van der Waals surface area (Å²) in [5.41, 5.74) is 11.4. The first-order valence-corrected chi connectivity index (χ1v) is 7.15. The zero-order chi connectivity index (χ0) is 14.7. The molecular weight excluding hydrogens is 258 g/mol. The Labute approximate surface area is 124 Å². The van der Waals surface area contributed by atoms with Gasteiger partial charge >= 0.3 is 0 Å². The van der Waals surface area contributed by atoms with E-state index in [1.807, 2.05) is 37.3 Å². The zero-order valence-corrected chi connectivity index (χ0v) is 12.1. The summed E-state index contributed by atoms with van der Waals surface area (Å²) in [4.78, 5) is 4.57. The molecule has 3 aromatic rings. The first-order valence-electron chi connectivity index (χ1n) is 7.15. The molecule has 106 valence electrons. The molecule has 1 heterocycles. The van der Waals surface area contributed by atoms with Crippen LogP contribution in [0, 0.1) is 6.92 Å². The maximum Gasteiger partial charge on any atom is 0.0725 e. The molecule has 0 saturated heterocycles. The average Bonchev–Trinajstić information content (AvgIpc) is 2.52. The van der Waals surface area contributed by atoms with Gasteiger partial charge < -0.3 is 11.1 Å². The van der Waals surface area contributed by atoms with E-state index in [9.17, 15) is 0 Å². The number of anilines is 1. The van der Waals surface area contributed by atoms with Crippen LogP contribution in [0.5, 0.6) is 0 Å². The van der Waals surface area contributed by atoms with Gasteiger partial charge in [0.05, 0.1) is 5.52 Å². The summed E-state index contributed by atoms with van der Waals surface area (Å²) >= 11 is 0. The summed E-state index contributed by atoms with van der Waals surface area (Å²) in [7, 11) is 0. The fraction of sp³-hybridized carbons (Fsp3) is 0.167. The second kappa shape index (κ2) is 5.94. The van der Waals surface area contributed by atoms with Crippen molar-refractivity contribution >= 4 is 16.6 Å². The lowest BCUT2D eigenvalue weighted by Gasteiger charge is -2.13. The molecule has 0 fully saturated rings. The minimum Gasteiger partial charge on any atom is -0.380 e. The van der Waals surface area contributed by atoms with E-state index in [1.54, 1.807) is 0 Å². The van der Waals surface area contributed by atoms with Gasteiger partial charge in [0.2, 0.25) is 0 Å². The van der Waals surface area contributed by atoms with Crippen LogP contribution in [0.1, 0.15) is 16.8 Å². The quantitative estimate of drug-likeness (QED) is 0.766. The van der Waals surface area contributed by atoms with Crippen LogP contribution in [0.2, 0.25) is 0 Å². The summed E-state index contributed by atoms with van der Waals surface area (Å²) < 4.78 is 0. The highest BCUT2D eigenvalue weighted by Crippen LogP contribution is 2.23. The van der Waals surface area contributed by atoms with E-state index < -0.39 is 0 Å². The van der Waals surface area contributed by atoms with Gasteiger partial charge in [-0.1, -0.05) is 42.5 Å². The summed E-state index contributed by atoms with van der Waals surface area (Å²) in [5.74, 6) is 0. The van der Waals surface area contributed by atoms with Crippen LogP contribution in [0.3, 0.4) is 0 Å². The topological polar surface area (TPSA) is 50.9 Å². The third-order valence-corrected chi connectivity index (χ3v) is 3.65. The van der Waals surface area contributed by atoms with E-state index in [2.05, 4.69) is 34.6 Å². The number of nitrogens with zero attached hydrogens (tertiary/aromatic N) is 1. The Hall–Kier alpha value is -2.39. The van der Waals surface area contributed by atoms with Crippen molar-refractivity contribution in [1.29, 1.82) is 0 Å². The van der Waals surface area contributed by atoms with Crippen LogP contribution in [0.15, 0.2) is 54.6 Å². The number of nitrogens with one attached hydrogen (secondary N) is 1. The smallest absolute Gasteiger partial charge is 0.0725 e. The fourth-order valence-corrected chi connectivity index (χ4v) is 2.57. The highest BCUT2D eigenvalue weighted by molar-refractivity contribution is 5.91. The molecule has 3 N–H and O–H groups in total. The van der Waals surface area contributed by atoms with Crippen LogP contribution >= 0.6 is 0 Å². The Morgan fingerprint density at radius 1 is 1.00 bits per heavy atom. The van der Waals surface area contributed by atoms with E-state index in [-0.39, 0.29) is 0 Å². The third-order valence-electron chi connectivity index (χ3n) is 3.65. The summed E-state index contributed by atoms with van der Waals surface area (Å²) in [6.07, 6.45) is 0. The molecule has 0 aliphatic heterocycles. The lowest BCUT2D eigenvalue weighted by Crippen LogP contribution is -2.06. The van der Waals surface area contributed by atoms with Gasteiger partial charge in [-0.05, 0) is 30.2 Å². The lowest BCUT2D eigenvalue weighted by atomic mass is 10.1. The molecule has 0 amide bonds. The van der Waals surface area contributed by atoms with Crippen LogP contribution < -0.4 is 11.1 Å². The van der Waals surface area contributed by atoms with E-state index in [1.165, 1.54) is 11.1 Å². The zero-order valence-electron chi connectivity index (χ0n) is 12.1. The first kappa shape index (κ1) is 13.6. The van der Waals surface area contributed by atoms with Gasteiger partial charge in [-0.2, -0.15) is 0 Å². The molecule has 21 heavy (non-hydrogen) atoms. The predicted octanol–water partition coefficient (Wildman–Crippen LogP) is 3.61. The SMILES string of the molecule is Cc1cc(NCc2ccccc2CN)c2ccccc2n1. The lowest BCUT2D eigenvalue weighted by molar-refractivity contribution is 1.01. The van der Waals surface area contributed by atoms with Crippen LogP contribution in [0.4, 0.5) is 5.69 Å². The molecule has 3 nitrogen and oxygen atoms in total. The van der Waals surface area contributed by atoms with Crippen molar-refractivity contribution in [2.45, 2.75) is 20.0 Å². The van der Waals surface area contributed by atoms with Crippen molar-refractivity contribution in [2.24, 2.45) is 5.73 Å². The van der Waals surface area contributed by atoms with Gasteiger partial charge in [-0.25, -0.2) is 0 Å². The van der Waals surface area contributed by atoms with Gasteiger partial charge in [0.25, 0.3) is 0 Å². The third kappa shape index (κ3) is 2.88. The minimum absolute atomic E-state index is 0.563. The van der Waals surface area contributed by atoms with E-state index >= 15 is 0 Å². The Balaban J connectivity index is 1.92. The summed E-state index contributed by atoms with van der Waals surface area (Å²) in [6.45, 7) is 3.35. The summed E-state index contributed by atoms with van der Waals surface area (Å²) in [6, 6.07) is 18.6. The van der Waals surface area contributed by atoms with E-state index in [4.69, 9.17) is 5.73 Å². The first-order chi connectivity index (χ1) is 10.3. The molecule has 3 rings (SSSR count). The average molecular weight is 277 g/mol. The number of nitrogens with two attached hydrogens (primary N) is 1. The number of hydrogen-bond donors (Lipinski definition) is 2. The standard InChI is InChI=1S/C18H19N3/c1-13-10-18(16-8-4-5-9-17(16)21-13)20-12-15-7-3-2-6-14(15)11-19/h2-10H,11-12,19H2,1H3,(H,20,21). The molecule has 0 bridgehead atoms. The van der Waals surface area contributed by atoms with Gasteiger partial charge in [-0.3, -0.25) is 4.98 Å². The van der Waals surface area contributed by atoms with E-state index in [0.717, 1.165) is 28.8 Å². The van der Waals surface area contributed by atoms with Crippen molar-refractivity contribution in [1.82, 2.24) is 4.98 Å².